The standard InChI is InChI=1S/C13H17ClFNO/c1-9(8-14)13(17)16(3)10(2)11-4-6-12(15)7-5-11/h4-7,9-10H,8H2,1-3H3. The highest BCUT2D eigenvalue weighted by Crippen LogP contribution is 2.21. The zero-order chi connectivity index (χ0) is 13.0. The summed E-state index contributed by atoms with van der Waals surface area (Å²) in [6.07, 6.45) is 0. The van der Waals surface area contributed by atoms with Gasteiger partial charge in [-0.1, -0.05) is 19.1 Å². The molecule has 0 aliphatic heterocycles. The SMILES string of the molecule is CC(CCl)C(=O)N(C)C(C)c1ccc(F)cc1. The summed E-state index contributed by atoms with van der Waals surface area (Å²) >= 11 is 5.67. The second-order valence-electron chi connectivity index (χ2n) is 4.23. The van der Waals surface area contributed by atoms with Crippen molar-refractivity contribution >= 4 is 17.5 Å². The van der Waals surface area contributed by atoms with Crippen LogP contribution in [0.15, 0.2) is 24.3 Å². The maximum Gasteiger partial charge on any atom is 0.226 e. The summed E-state index contributed by atoms with van der Waals surface area (Å²) in [5.41, 5.74) is 0.907. The average Bonchev–Trinajstić information content (AvgIpc) is 2.36. The fourth-order valence-electron chi connectivity index (χ4n) is 1.57. The molecular formula is C13H17ClFNO. The number of hydrogen-bond acceptors (Lipinski definition) is 1. The van der Waals surface area contributed by atoms with E-state index in [1.807, 2.05) is 6.92 Å². The Balaban J connectivity index is 2.79. The van der Waals surface area contributed by atoms with E-state index < -0.39 is 0 Å². The summed E-state index contributed by atoms with van der Waals surface area (Å²) in [6.45, 7) is 3.70. The fourth-order valence-corrected chi connectivity index (χ4v) is 1.70. The largest absolute Gasteiger partial charge is 0.339 e. The predicted octanol–water partition coefficient (Wildman–Crippen LogP) is 3.22. The van der Waals surface area contributed by atoms with Crippen molar-refractivity contribution in [2.45, 2.75) is 19.9 Å². The molecule has 1 rings (SSSR count). The molecule has 94 valence electrons. The van der Waals surface area contributed by atoms with Crippen LogP contribution in [0.1, 0.15) is 25.5 Å². The molecule has 1 aromatic carbocycles. The smallest absolute Gasteiger partial charge is 0.226 e. The molecule has 0 saturated carbocycles. The van der Waals surface area contributed by atoms with Gasteiger partial charge in [0.2, 0.25) is 5.91 Å². The van der Waals surface area contributed by atoms with Gasteiger partial charge in [-0.05, 0) is 24.6 Å². The highest BCUT2D eigenvalue weighted by atomic mass is 35.5. The molecule has 2 nitrogen and oxygen atoms in total. The Kier molecular flexibility index (Phi) is 4.94. The Bertz CT molecular complexity index is 380. The number of alkyl halides is 1. The number of carbonyl (C=O) groups is 1. The number of nitrogens with zero attached hydrogens (tertiary/aromatic N) is 1. The first-order chi connectivity index (χ1) is 7.97. The third-order valence-electron chi connectivity index (χ3n) is 2.93. The van der Waals surface area contributed by atoms with Gasteiger partial charge in [0.1, 0.15) is 5.82 Å². The lowest BCUT2D eigenvalue weighted by Crippen LogP contribution is -2.34. The number of hydrogen-bond donors (Lipinski definition) is 0. The van der Waals surface area contributed by atoms with Crippen molar-refractivity contribution < 1.29 is 9.18 Å². The summed E-state index contributed by atoms with van der Waals surface area (Å²) in [6, 6.07) is 6.09. The molecule has 0 fully saturated rings. The van der Waals surface area contributed by atoms with Crippen molar-refractivity contribution in [3.05, 3.63) is 35.6 Å². The van der Waals surface area contributed by atoms with Gasteiger partial charge in [-0.3, -0.25) is 4.79 Å². The summed E-state index contributed by atoms with van der Waals surface area (Å²) in [5.74, 6) is -0.176. The van der Waals surface area contributed by atoms with Crippen LogP contribution >= 0.6 is 11.6 Å². The van der Waals surface area contributed by atoms with Crippen LogP contribution < -0.4 is 0 Å². The summed E-state index contributed by atoms with van der Waals surface area (Å²) in [5, 5.41) is 0. The molecule has 0 saturated heterocycles. The van der Waals surface area contributed by atoms with E-state index in [4.69, 9.17) is 11.6 Å². The molecule has 0 aromatic heterocycles. The van der Waals surface area contributed by atoms with Crippen LogP contribution in [0.2, 0.25) is 0 Å². The summed E-state index contributed by atoms with van der Waals surface area (Å²) in [4.78, 5) is 13.6. The lowest BCUT2D eigenvalue weighted by atomic mass is 10.1. The molecule has 0 aliphatic carbocycles. The van der Waals surface area contributed by atoms with Gasteiger partial charge < -0.3 is 4.90 Å². The van der Waals surface area contributed by atoms with E-state index in [9.17, 15) is 9.18 Å². The third-order valence-corrected chi connectivity index (χ3v) is 3.40. The van der Waals surface area contributed by atoms with Crippen LogP contribution in [0.5, 0.6) is 0 Å². The van der Waals surface area contributed by atoms with Gasteiger partial charge in [-0.2, -0.15) is 0 Å². The van der Waals surface area contributed by atoms with Crippen molar-refractivity contribution in [2.24, 2.45) is 5.92 Å². The molecule has 1 amide bonds. The first-order valence-electron chi connectivity index (χ1n) is 5.55. The van der Waals surface area contributed by atoms with E-state index >= 15 is 0 Å². The first kappa shape index (κ1) is 14.0. The van der Waals surface area contributed by atoms with Crippen molar-refractivity contribution in [3.63, 3.8) is 0 Å². The lowest BCUT2D eigenvalue weighted by molar-refractivity contribution is -0.134. The Morgan fingerprint density at radius 2 is 1.88 bits per heavy atom. The molecule has 17 heavy (non-hydrogen) atoms. The molecule has 2 atom stereocenters. The van der Waals surface area contributed by atoms with Gasteiger partial charge in [0, 0.05) is 18.8 Å². The maximum atomic E-state index is 12.8. The summed E-state index contributed by atoms with van der Waals surface area (Å²) < 4.78 is 12.8. The molecule has 1 aromatic rings. The summed E-state index contributed by atoms with van der Waals surface area (Å²) in [7, 11) is 1.74. The van der Waals surface area contributed by atoms with Crippen molar-refractivity contribution in [1.82, 2.24) is 4.90 Å². The van der Waals surface area contributed by atoms with Crippen molar-refractivity contribution in [3.8, 4) is 0 Å². The van der Waals surface area contributed by atoms with Gasteiger partial charge in [0.25, 0.3) is 0 Å². The molecule has 0 spiro atoms. The highest BCUT2D eigenvalue weighted by molar-refractivity contribution is 6.19. The van der Waals surface area contributed by atoms with Crippen LogP contribution in [0, 0.1) is 11.7 Å². The number of amides is 1. The molecular weight excluding hydrogens is 241 g/mol. The number of halogens is 2. The van der Waals surface area contributed by atoms with Gasteiger partial charge in [0.15, 0.2) is 0 Å². The van der Waals surface area contributed by atoms with Crippen LogP contribution in [0.3, 0.4) is 0 Å². The van der Waals surface area contributed by atoms with E-state index in [1.54, 1.807) is 31.0 Å². The molecule has 4 heteroatoms. The average molecular weight is 258 g/mol. The number of rotatable bonds is 4. The fraction of sp³-hybridized carbons (Fsp3) is 0.462. The minimum Gasteiger partial charge on any atom is -0.339 e. The minimum absolute atomic E-state index is 0.00294. The van der Waals surface area contributed by atoms with Gasteiger partial charge in [0.05, 0.1) is 6.04 Å². The topological polar surface area (TPSA) is 20.3 Å². The van der Waals surface area contributed by atoms with E-state index in [0.29, 0.717) is 5.88 Å². The maximum absolute atomic E-state index is 12.8. The van der Waals surface area contributed by atoms with Gasteiger partial charge in [-0.25, -0.2) is 4.39 Å². The molecule has 0 heterocycles. The van der Waals surface area contributed by atoms with Crippen LogP contribution in [-0.2, 0) is 4.79 Å². The Morgan fingerprint density at radius 3 is 2.35 bits per heavy atom. The monoisotopic (exact) mass is 257 g/mol. The zero-order valence-electron chi connectivity index (χ0n) is 10.3. The van der Waals surface area contributed by atoms with Crippen LogP contribution in [0.4, 0.5) is 4.39 Å². The molecule has 0 aliphatic rings. The Labute approximate surface area is 106 Å². The molecule has 2 unspecified atom stereocenters. The molecule has 0 N–H and O–H groups in total. The Morgan fingerprint density at radius 1 is 1.35 bits per heavy atom. The lowest BCUT2D eigenvalue weighted by Gasteiger charge is -2.27. The highest BCUT2D eigenvalue weighted by Gasteiger charge is 2.21. The second-order valence-corrected chi connectivity index (χ2v) is 4.54. The number of benzene rings is 1. The van der Waals surface area contributed by atoms with Gasteiger partial charge >= 0.3 is 0 Å². The van der Waals surface area contributed by atoms with Crippen molar-refractivity contribution in [2.75, 3.05) is 12.9 Å². The second kappa shape index (κ2) is 6.01. The minimum atomic E-state index is -0.274. The zero-order valence-corrected chi connectivity index (χ0v) is 11.0. The quantitative estimate of drug-likeness (QED) is 0.759. The number of carbonyl (C=O) groups excluding carboxylic acids is 1. The normalized spacial score (nSPS) is 14.2. The van der Waals surface area contributed by atoms with E-state index in [0.717, 1.165) is 5.56 Å². The molecule has 0 bridgehead atoms. The van der Waals surface area contributed by atoms with Gasteiger partial charge in [-0.15, -0.1) is 11.6 Å². The van der Waals surface area contributed by atoms with Crippen LogP contribution in [0.25, 0.3) is 0 Å². The van der Waals surface area contributed by atoms with Crippen molar-refractivity contribution in [1.29, 1.82) is 0 Å². The van der Waals surface area contributed by atoms with E-state index in [2.05, 4.69) is 0 Å². The van der Waals surface area contributed by atoms with E-state index in [1.165, 1.54) is 12.1 Å². The third kappa shape index (κ3) is 3.43. The predicted molar refractivity (Wildman–Crippen MR) is 67.5 cm³/mol. The molecule has 0 radical (unpaired) electrons. The first-order valence-corrected chi connectivity index (χ1v) is 6.09. The van der Waals surface area contributed by atoms with Crippen LogP contribution in [-0.4, -0.2) is 23.7 Å². The Hall–Kier alpha value is -1.09. The van der Waals surface area contributed by atoms with E-state index in [-0.39, 0.29) is 23.7 Å².